The first-order valence-corrected chi connectivity index (χ1v) is 9.75. The van der Waals surface area contributed by atoms with Gasteiger partial charge in [-0.15, -0.1) is 0 Å². The molecule has 0 fully saturated rings. The molecule has 0 atom stereocenters. The van der Waals surface area contributed by atoms with E-state index in [1.807, 2.05) is 25.1 Å². The standard InChI is InChI=1S/C20H21Cl2N3O3/c1-14-23-12-15(13-24-14)26-10-11-28-25-18-6-2-5-17-16(18)4-3-7-19(17)27-9-8-20(21)22/h3-4,7-8,12-13H,2,5-6,9-11H2,1H3/b25-18+. The van der Waals surface area contributed by atoms with Crippen molar-refractivity contribution in [1.29, 1.82) is 0 Å². The van der Waals surface area contributed by atoms with Crippen molar-refractivity contribution in [3.05, 3.63) is 58.1 Å². The highest BCUT2D eigenvalue weighted by Gasteiger charge is 2.19. The summed E-state index contributed by atoms with van der Waals surface area (Å²) in [6.07, 6.45) is 7.66. The smallest absolute Gasteiger partial charge is 0.156 e. The molecule has 0 aliphatic heterocycles. The molecular formula is C20H21Cl2N3O3. The van der Waals surface area contributed by atoms with Crippen LogP contribution in [0.25, 0.3) is 0 Å². The fourth-order valence-electron chi connectivity index (χ4n) is 2.86. The van der Waals surface area contributed by atoms with Gasteiger partial charge in [-0.3, -0.25) is 0 Å². The minimum Gasteiger partial charge on any atom is -0.489 e. The van der Waals surface area contributed by atoms with E-state index in [1.54, 1.807) is 18.5 Å². The van der Waals surface area contributed by atoms with E-state index < -0.39 is 0 Å². The Morgan fingerprint density at radius 3 is 2.75 bits per heavy atom. The van der Waals surface area contributed by atoms with Gasteiger partial charge in [-0.2, -0.15) is 0 Å². The van der Waals surface area contributed by atoms with Gasteiger partial charge in [-0.25, -0.2) is 9.97 Å². The molecule has 0 bridgehead atoms. The Morgan fingerprint density at radius 2 is 1.96 bits per heavy atom. The zero-order valence-corrected chi connectivity index (χ0v) is 17.0. The van der Waals surface area contributed by atoms with E-state index in [1.165, 1.54) is 0 Å². The molecule has 6 nitrogen and oxygen atoms in total. The van der Waals surface area contributed by atoms with Crippen LogP contribution in [-0.4, -0.2) is 35.5 Å². The van der Waals surface area contributed by atoms with Crippen molar-refractivity contribution in [2.24, 2.45) is 5.16 Å². The number of nitrogens with zero attached hydrogens (tertiary/aromatic N) is 3. The van der Waals surface area contributed by atoms with Crippen LogP contribution in [0.1, 0.15) is 29.8 Å². The lowest BCUT2D eigenvalue weighted by Gasteiger charge is -2.20. The van der Waals surface area contributed by atoms with Crippen molar-refractivity contribution in [1.82, 2.24) is 9.97 Å². The molecule has 0 amide bonds. The summed E-state index contributed by atoms with van der Waals surface area (Å²) in [7, 11) is 0. The number of hydrogen-bond donors (Lipinski definition) is 0. The molecule has 1 heterocycles. The minimum atomic E-state index is 0.194. The average Bonchev–Trinajstić information content (AvgIpc) is 2.69. The van der Waals surface area contributed by atoms with E-state index in [0.29, 0.717) is 31.4 Å². The van der Waals surface area contributed by atoms with Crippen LogP contribution in [0.3, 0.4) is 0 Å². The Bertz CT molecular complexity index is 850. The van der Waals surface area contributed by atoms with Crippen molar-refractivity contribution >= 4 is 28.9 Å². The van der Waals surface area contributed by atoms with Gasteiger partial charge in [0.25, 0.3) is 0 Å². The molecule has 1 aliphatic carbocycles. The third-order valence-electron chi connectivity index (χ3n) is 4.14. The van der Waals surface area contributed by atoms with Crippen molar-refractivity contribution < 1.29 is 14.3 Å². The van der Waals surface area contributed by atoms with Crippen LogP contribution < -0.4 is 9.47 Å². The first-order valence-electron chi connectivity index (χ1n) is 9.00. The normalized spacial score (nSPS) is 14.3. The van der Waals surface area contributed by atoms with Gasteiger partial charge in [0.2, 0.25) is 0 Å². The molecule has 0 N–H and O–H groups in total. The number of benzene rings is 1. The summed E-state index contributed by atoms with van der Waals surface area (Å²) < 4.78 is 11.5. The molecule has 8 heteroatoms. The van der Waals surface area contributed by atoms with Crippen LogP contribution in [0, 0.1) is 6.92 Å². The van der Waals surface area contributed by atoms with E-state index in [4.69, 9.17) is 37.5 Å². The van der Waals surface area contributed by atoms with Crippen LogP contribution in [-0.2, 0) is 11.3 Å². The molecule has 0 saturated heterocycles. The lowest BCUT2D eigenvalue weighted by atomic mass is 9.89. The summed E-state index contributed by atoms with van der Waals surface area (Å²) in [6.45, 7) is 2.85. The number of ether oxygens (including phenoxy) is 2. The molecule has 0 unspecified atom stereocenters. The average molecular weight is 422 g/mol. The molecule has 28 heavy (non-hydrogen) atoms. The molecule has 1 aromatic carbocycles. The molecule has 0 radical (unpaired) electrons. The Labute approximate surface area is 174 Å². The maximum atomic E-state index is 5.79. The third-order valence-corrected chi connectivity index (χ3v) is 4.44. The zero-order valence-electron chi connectivity index (χ0n) is 15.5. The summed E-state index contributed by atoms with van der Waals surface area (Å²) in [5.74, 6) is 2.13. The molecule has 148 valence electrons. The number of aryl methyl sites for hydroxylation is 1. The van der Waals surface area contributed by atoms with Gasteiger partial charge >= 0.3 is 0 Å². The molecular weight excluding hydrogens is 401 g/mol. The van der Waals surface area contributed by atoms with E-state index in [-0.39, 0.29) is 4.49 Å². The van der Waals surface area contributed by atoms with E-state index in [2.05, 4.69) is 15.1 Å². The number of oxime groups is 1. The molecule has 3 rings (SSSR count). The molecule has 1 aromatic heterocycles. The fourth-order valence-corrected chi connectivity index (χ4v) is 2.99. The zero-order chi connectivity index (χ0) is 19.8. The Hall–Kier alpha value is -2.31. The number of hydrogen-bond acceptors (Lipinski definition) is 6. The lowest BCUT2D eigenvalue weighted by Crippen LogP contribution is -2.15. The highest BCUT2D eigenvalue weighted by Crippen LogP contribution is 2.30. The van der Waals surface area contributed by atoms with Gasteiger partial charge in [0.15, 0.2) is 12.4 Å². The summed E-state index contributed by atoms with van der Waals surface area (Å²) in [5.41, 5.74) is 3.09. The second-order valence-corrected chi connectivity index (χ2v) is 7.13. The molecule has 1 aliphatic rings. The summed E-state index contributed by atoms with van der Waals surface area (Å²) in [5, 5.41) is 4.32. The summed E-state index contributed by atoms with van der Waals surface area (Å²) >= 11 is 11.3. The first-order chi connectivity index (χ1) is 13.6. The van der Waals surface area contributed by atoms with Gasteiger partial charge in [-0.1, -0.05) is 40.5 Å². The van der Waals surface area contributed by atoms with Gasteiger partial charge in [-0.05, 0) is 38.3 Å². The summed E-state index contributed by atoms with van der Waals surface area (Å²) in [4.78, 5) is 13.6. The fraction of sp³-hybridized carbons (Fsp3) is 0.350. The van der Waals surface area contributed by atoms with E-state index >= 15 is 0 Å². The monoisotopic (exact) mass is 421 g/mol. The van der Waals surface area contributed by atoms with Crippen molar-refractivity contribution in [2.45, 2.75) is 26.2 Å². The number of rotatable bonds is 8. The second kappa shape index (κ2) is 10.3. The van der Waals surface area contributed by atoms with E-state index in [9.17, 15) is 0 Å². The number of halogens is 2. The van der Waals surface area contributed by atoms with Gasteiger partial charge in [0.1, 0.15) is 29.3 Å². The molecule has 2 aromatic rings. The largest absolute Gasteiger partial charge is 0.489 e. The van der Waals surface area contributed by atoms with Gasteiger partial charge in [0.05, 0.1) is 18.1 Å². The van der Waals surface area contributed by atoms with Crippen LogP contribution >= 0.6 is 23.2 Å². The highest BCUT2D eigenvalue weighted by atomic mass is 35.5. The number of fused-ring (bicyclic) bond motifs is 1. The third kappa shape index (κ3) is 5.84. The van der Waals surface area contributed by atoms with Crippen LogP contribution in [0.4, 0.5) is 0 Å². The van der Waals surface area contributed by atoms with Crippen molar-refractivity contribution in [3.8, 4) is 11.5 Å². The highest BCUT2D eigenvalue weighted by molar-refractivity contribution is 6.55. The Kier molecular flexibility index (Phi) is 7.51. The lowest BCUT2D eigenvalue weighted by molar-refractivity contribution is 0.106. The SMILES string of the molecule is Cc1ncc(OCCO/N=C2\CCCc3c(OCC=C(Cl)Cl)cccc32)cn1. The van der Waals surface area contributed by atoms with Gasteiger partial charge in [0, 0.05) is 11.1 Å². The minimum absolute atomic E-state index is 0.194. The quantitative estimate of drug-likeness (QED) is 0.459. The maximum Gasteiger partial charge on any atom is 0.156 e. The van der Waals surface area contributed by atoms with Crippen LogP contribution in [0.2, 0.25) is 0 Å². The van der Waals surface area contributed by atoms with Crippen LogP contribution in [0.5, 0.6) is 11.5 Å². The predicted molar refractivity (Wildman–Crippen MR) is 109 cm³/mol. The molecule has 0 spiro atoms. The Balaban J connectivity index is 1.57. The van der Waals surface area contributed by atoms with Crippen LogP contribution in [0.15, 0.2) is 46.3 Å². The van der Waals surface area contributed by atoms with Crippen molar-refractivity contribution in [3.63, 3.8) is 0 Å². The van der Waals surface area contributed by atoms with Crippen molar-refractivity contribution in [2.75, 3.05) is 19.8 Å². The maximum absolute atomic E-state index is 5.79. The topological polar surface area (TPSA) is 65.8 Å². The number of aromatic nitrogens is 2. The molecule has 0 saturated carbocycles. The first kappa shape index (κ1) is 20.4. The van der Waals surface area contributed by atoms with Gasteiger partial charge < -0.3 is 14.3 Å². The Morgan fingerprint density at radius 1 is 1.14 bits per heavy atom. The van der Waals surface area contributed by atoms with E-state index in [0.717, 1.165) is 41.9 Å². The second-order valence-electron chi connectivity index (χ2n) is 6.13. The predicted octanol–water partition coefficient (Wildman–Crippen LogP) is 4.62. The summed E-state index contributed by atoms with van der Waals surface area (Å²) in [6, 6.07) is 5.92.